The third-order valence-electron chi connectivity index (χ3n) is 5.16. The van der Waals surface area contributed by atoms with Gasteiger partial charge in [0, 0.05) is 18.5 Å². The number of rotatable bonds is 6. The van der Waals surface area contributed by atoms with Gasteiger partial charge in [0.05, 0.1) is 12.4 Å². The molecule has 0 saturated heterocycles. The summed E-state index contributed by atoms with van der Waals surface area (Å²) in [6, 6.07) is 0.369. The van der Waals surface area contributed by atoms with E-state index in [9.17, 15) is 4.79 Å². The summed E-state index contributed by atoms with van der Waals surface area (Å²) in [7, 11) is 0. The van der Waals surface area contributed by atoms with Crippen LogP contribution in [0.5, 0.6) is 0 Å². The summed E-state index contributed by atoms with van der Waals surface area (Å²) >= 11 is 0. The van der Waals surface area contributed by atoms with E-state index in [1.54, 1.807) is 13.0 Å². The Kier molecular flexibility index (Phi) is 6.78. The molecule has 0 fully saturated rings. The van der Waals surface area contributed by atoms with E-state index >= 15 is 0 Å². The van der Waals surface area contributed by atoms with Crippen molar-refractivity contribution in [2.45, 2.75) is 53.5 Å². The number of aromatic nitrogens is 2. The lowest BCUT2D eigenvalue weighted by Gasteiger charge is -2.37. The molecule has 4 heteroatoms. The summed E-state index contributed by atoms with van der Waals surface area (Å²) in [4.78, 5) is 14.8. The van der Waals surface area contributed by atoms with Crippen LogP contribution in [0.4, 0.5) is 0 Å². The van der Waals surface area contributed by atoms with Gasteiger partial charge in [-0.05, 0) is 55.7 Å². The first kappa shape index (κ1) is 20.7. The van der Waals surface area contributed by atoms with E-state index in [-0.39, 0.29) is 5.41 Å². The van der Waals surface area contributed by atoms with Crippen LogP contribution in [0.1, 0.15) is 53.5 Å². The van der Waals surface area contributed by atoms with Crippen LogP contribution in [-0.2, 0) is 4.79 Å². The number of allylic oxidation sites excluding steroid dienone is 9. The fourth-order valence-corrected chi connectivity index (χ4v) is 3.61. The highest BCUT2D eigenvalue weighted by atomic mass is 16.4. The van der Waals surface area contributed by atoms with Crippen molar-refractivity contribution in [2.75, 3.05) is 0 Å². The number of hydrogen-bond acceptors (Lipinski definition) is 2. The molecule has 1 aromatic rings. The highest BCUT2D eigenvalue weighted by Crippen LogP contribution is 2.45. The van der Waals surface area contributed by atoms with Crippen molar-refractivity contribution in [3.8, 4) is 0 Å². The van der Waals surface area contributed by atoms with Gasteiger partial charge in [0.1, 0.15) is 0 Å². The largest absolute Gasteiger partial charge is 0.478 e. The first-order valence-electron chi connectivity index (χ1n) is 9.33. The van der Waals surface area contributed by atoms with Crippen LogP contribution in [-0.4, -0.2) is 20.6 Å². The highest BCUT2D eigenvalue weighted by molar-refractivity contribution is 5.81. The highest BCUT2D eigenvalue weighted by Gasteiger charge is 2.32. The van der Waals surface area contributed by atoms with Gasteiger partial charge in [-0.25, -0.2) is 9.78 Å². The van der Waals surface area contributed by atoms with Crippen LogP contribution in [0, 0.1) is 5.41 Å². The van der Waals surface area contributed by atoms with Gasteiger partial charge < -0.3 is 9.67 Å². The van der Waals surface area contributed by atoms with Crippen LogP contribution < -0.4 is 0 Å². The monoisotopic (exact) mass is 366 g/mol. The molecule has 4 nitrogen and oxygen atoms in total. The molecule has 1 aliphatic carbocycles. The van der Waals surface area contributed by atoms with Gasteiger partial charge in [0.15, 0.2) is 0 Å². The lowest BCUT2D eigenvalue weighted by molar-refractivity contribution is -0.131. The molecule has 0 radical (unpaired) electrons. The fourth-order valence-electron chi connectivity index (χ4n) is 3.61. The molecule has 1 aliphatic rings. The molecule has 2 rings (SSSR count). The fraction of sp³-hybridized carbons (Fsp3) is 0.391. The summed E-state index contributed by atoms with van der Waals surface area (Å²) in [5.74, 6) is -0.924. The van der Waals surface area contributed by atoms with Gasteiger partial charge in [-0.15, -0.1) is 0 Å². The van der Waals surface area contributed by atoms with Gasteiger partial charge in [-0.1, -0.05) is 49.8 Å². The molecule has 0 aromatic carbocycles. The normalized spacial score (nSPS) is 21.4. The van der Waals surface area contributed by atoms with Crippen molar-refractivity contribution >= 4 is 5.97 Å². The molecule has 0 amide bonds. The number of carboxylic acid groups (broad SMARTS) is 1. The smallest absolute Gasteiger partial charge is 0.328 e. The number of carboxylic acids is 1. The number of nitrogens with zero attached hydrogens (tertiary/aromatic N) is 2. The summed E-state index contributed by atoms with van der Waals surface area (Å²) in [5.41, 5.74) is 4.75. The summed E-state index contributed by atoms with van der Waals surface area (Å²) in [6.07, 6.45) is 19.3. The Morgan fingerprint density at radius 1 is 1.30 bits per heavy atom. The Morgan fingerprint density at radius 3 is 2.67 bits per heavy atom. The van der Waals surface area contributed by atoms with Gasteiger partial charge in [-0.3, -0.25) is 0 Å². The predicted octanol–water partition coefficient (Wildman–Crippen LogP) is 5.65. The summed E-state index contributed by atoms with van der Waals surface area (Å²) in [5, 5.41) is 8.74. The summed E-state index contributed by atoms with van der Waals surface area (Å²) < 4.78 is 2.20. The second kappa shape index (κ2) is 8.85. The van der Waals surface area contributed by atoms with Gasteiger partial charge >= 0.3 is 5.97 Å². The minimum absolute atomic E-state index is 0.147. The zero-order chi connectivity index (χ0) is 20.0. The molecular weight excluding hydrogens is 336 g/mol. The number of aliphatic carboxylic acids is 1. The summed E-state index contributed by atoms with van der Waals surface area (Å²) in [6.45, 7) is 10.7. The maximum Gasteiger partial charge on any atom is 0.328 e. The van der Waals surface area contributed by atoms with Crippen LogP contribution in [0.15, 0.2) is 77.5 Å². The van der Waals surface area contributed by atoms with Crippen molar-refractivity contribution in [1.29, 1.82) is 0 Å². The Labute approximate surface area is 162 Å². The minimum Gasteiger partial charge on any atom is -0.478 e. The van der Waals surface area contributed by atoms with E-state index in [1.165, 1.54) is 17.2 Å². The minimum atomic E-state index is -0.924. The average molecular weight is 367 g/mol. The van der Waals surface area contributed by atoms with E-state index in [0.29, 0.717) is 11.6 Å². The Balaban J connectivity index is 2.21. The maximum absolute atomic E-state index is 10.6. The molecule has 144 valence electrons. The zero-order valence-electron chi connectivity index (χ0n) is 16.9. The standard InChI is InChI=1S/C23H30N2O2/c1-17(7-6-8-18(2)15-22(26)27)9-10-20-19(3)21(11-12-23(20,4)5)25-14-13-24-16-25/h6-10,13-16,21H,11-12H2,1-5H3,(H,26,27)/b8-6+,10-9+,17-7-,18-15-. The molecular formula is C23H30N2O2. The second-order valence-corrected chi connectivity index (χ2v) is 7.87. The van der Waals surface area contributed by atoms with Crippen molar-refractivity contribution in [3.63, 3.8) is 0 Å². The van der Waals surface area contributed by atoms with Gasteiger partial charge in [-0.2, -0.15) is 0 Å². The molecule has 1 unspecified atom stereocenters. The zero-order valence-corrected chi connectivity index (χ0v) is 16.9. The predicted molar refractivity (Wildman–Crippen MR) is 110 cm³/mol. The third-order valence-corrected chi connectivity index (χ3v) is 5.16. The molecule has 1 aromatic heterocycles. The van der Waals surface area contributed by atoms with Crippen LogP contribution in [0.2, 0.25) is 0 Å². The van der Waals surface area contributed by atoms with Crippen molar-refractivity contribution in [3.05, 3.63) is 77.5 Å². The first-order valence-corrected chi connectivity index (χ1v) is 9.33. The van der Waals surface area contributed by atoms with Crippen molar-refractivity contribution in [2.24, 2.45) is 5.41 Å². The van der Waals surface area contributed by atoms with E-state index in [0.717, 1.165) is 18.4 Å². The first-order chi connectivity index (χ1) is 12.7. The topological polar surface area (TPSA) is 55.1 Å². The Morgan fingerprint density at radius 2 is 2.04 bits per heavy atom. The molecule has 1 atom stereocenters. The molecule has 0 saturated carbocycles. The van der Waals surface area contributed by atoms with Gasteiger partial charge in [0.2, 0.25) is 0 Å². The lowest BCUT2D eigenvalue weighted by atomic mass is 9.71. The van der Waals surface area contributed by atoms with Crippen LogP contribution in [0.3, 0.4) is 0 Å². The maximum atomic E-state index is 10.6. The van der Waals surface area contributed by atoms with Gasteiger partial charge in [0.25, 0.3) is 0 Å². The number of imidazole rings is 1. The molecule has 0 spiro atoms. The molecule has 1 N–H and O–H groups in total. The van der Waals surface area contributed by atoms with Crippen LogP contribution >= 0.6 is 0 Å². The molecule has 1 heterocycles. The quantitative estimate of drug-likeness (QED) is 0.523. The third kappa shape index (κ3) is 5.68. The van der Waals surface area contributed by atoms with Crippen molar-refractivity contribution in [1.82, 2.24) is 9.55 Å². The average Bonchev–Trinajstić information content (AvgIpc) is 3.07. The number of carbonyl (C=O) groups is 1. The molecule has 0 bridgehead atoms. The lowest BCUT2D eigenvalue weighted by Crippen LogP contribution is -2.25. The second-order valence-electron chi connectivity index (χ2n) is 7.87. The Hall–Kier alpha value is -2.62. The van der Waals surface area contributed by atoms with E-state index in [2.05, 4.69) is 49.4 Å². The molecule has 0 aliphatic heterocycles. The SMILES string of the molecule is CC1=C(/C=C/C(C)=C\C=C\C(C)=C/C(=O)O)C(C)(C)CCC1n1ccnc1. The van der Waals surface area contributed by atoms with E-state index in [1.807, 2.05) is 30.9 Å². The van der Waals surface area contributed by atoms with E-state index < -0.39 is 5.97 Å². The van der Waals surface area contributed by atoms with Crippen molar-refractivity contribution < 1.29 is 9.90 Å². The number of hydrogen-bond donors (Lipinski definition) is 1. The molecule has 27 heavy (non-hydrogen) atoms. The van der Waals surface area contributed by atoms with Crippen LogP contribution in [0.25, 0.3) is 0 Å². The van der Waals surface area contributed by atoms with E-state index in [4.69, 9.17) is 5.11 Å². The Bertz CT molecular complexity index is 819.